The van der Waals surface area contributed by atoms with Crippen molar-refractivity contribution in [3.63, 3.8) is 0 Å². The summed E-state index contributed by atoms with van der Waals surface area (Å²) in [6.07, 6.45) is 3.48. The monoisotopic (exact) mass is 286 g/mol. The largest absolute Gasteiger partial charge is 0.395 e. The standard InChI is InChI=1S/C16H34N2O2/c1-5-8-18(9-10-19)13-16(7-6-11-20-14-16)12-17-15(2,3)4/h17,19H,5-14H2,1-4H3. The quantitative estimate of drug-likeness (QED) is 0.715. The van der Waals surface area contributed by atoms with E-state index < -0.39 is 0 Å². The highest BCUT2D eigenvalue weighted by Gasteiger charge is 2.35. The van der Waals surface area contributed by atoms with E-state index in [1.54, 1.807) is 0 Å². The molecule has 1 unspecified atom stereocenters. The molecule has 0 amide bonds. The maximum Gasteiger partial charge on any atom is 0.0558 e. The van der Waals surface area contributed by atoms with E-state index in [9.17, 15) is 5.11 Å². The molecule has 1 saturated heterocycles. The van der Waals surface area contributed by atoms with Gasteiger partial charge in [-0.25, -0.2) is 0 Å². The Balaban J connectivity index is 2.65. The molecule has 4 nitrogen and oxygen atoms in total. The van der Waals surface area contributed by atoms with Gasteiger partial charge in [0.05, 0.1) is 13.2 Å². The molecule has 1 heterocycles. The highest BCUT2D eigenvalue weighted by atomic mass is 16.5. The highest BCUT2D eigenvalue weighted by molar-refractivity contribution is 4.89. The average molecular weight is 286 g/mol. The predicted octanol–water partition coefficient (Wildman–Crippen LogP) is 1.88. The van der Waals surface area contributed by atoms with E-state index in [2.05, 4.69) is 37.9 Å². The lowest BCUT2D eigenvalue weighted by Crippen LogP contribution is -2.52. The summed E-state index contributed by atoms with van der Waals surface area (Å²) in [6.45, 7) is 14.6. The normalized spacial score (nSPS) is 24.3. The number of nitrogens with one attached hydrogen (secondary N) is 1. The van der Waals surface area contributed by atoms with Gasteiger partial charge in [0, 0.05) is 37.2 Å². The van der Waals surface area contributed by atoms with Gasteiger partial charge in [-0.15, -0.1) is 0 Å². The van der Waals surface area contributed by atoms with Gasteiger partial charge in [0.25, 0.3) is 0 Å². The number of aliphatic hydroxyl groups is 1. The fourth-order valence-corrected chi connectivity index (χ4v) is 2.88. The van der Waals surface area contributed by atoms with E-state index in [0.717, 1.165) is 52.2 Å². The van der Waals surface area contributed by atoms with Crippen molar-refractivity contribution < 1.29 is 9.84 Å². The van der Waals surface area contributed by atoms with Crippen LogP contribution in [0.4, 0.5) is 0 Å². The molecule has 20 heavy (non-hydrogen) atoms. The van der Waals surface area contributed by atoms with Crippen molar-refractivity contribution in [3.8, 4) is 0 Å². The van der Waals surface area contributed by atoms with Crippen molar-refractivity contribution in [2.75, 3.05) is 46.0 Å². The van der Waals surface area contributed by atoms with Gasteiger partial charge >= 0.3 is 0 Å². The molecule has 1 aliphatic rings. The minimum absolute atomic E-state index is 0.136. The van der Waals surface area contributed by atoms with Gasteiger partial charge in [0.15, 0.2) is 0 Å². The Morgan fingerprint density at radius 3 is 2.55 bits per heavy atom. The maximum atomic E-state index is 9.25. The molecule has 1 fully saturated rings. The Morgan fingerprint density at radius 1 is 1.30 bits per heavy atom. The zero-order valence-corrected chi connectivity index (χ0v) is 13.9. The van der Waals surface area contributed by atoms with Gasteiger partial charge in [-0.3, -0.25) is 0 Å². The van der Waals surface area contributed by atoms with Crippen LogP contribution in [0.5, 0.6) is 0 Å². The Hall–Kier alpha value is -0.160. The average Bonchev–Trinajstić information content (AvgIpc) is 2.38. The van der Waals surface area contributed by atoms with E-state index in [-0.39, 0.29) is 17.6 Å². The zero-order chi connectivity index (χ0) is 15.1. The molecule has 0 radical (unpaired) electrons. The Labute approximate surface area is 124 Å². The van der Waals surface area contributed by atoms with Gasteiger partial charge < -0.3 is 20.1 Å². The first-order valence-corrected chi connectivity index (χ1v) is 8.07. The lowest BCUT2D eigenvalue weighted by Gasteiger charge is -2.42. The van der Waals surface area contributed by atoms with Gasteiger partial charge in [-0.1, -0.05) is 6.92 Å². The van der Waals surface area contributed by atoms with Crippen molar-refractivity contribution in [2.24, 2.45) is 5.41 Å². The van der Waals surface area contributed by atoms with Crippen LogP contribution in [-0.4, -0.2) is 61.5 Å². The zero-order valence-electron chi connectivity index (χ0n) is 13.9. The SMILES string of the molecule is CCCN(CCO)CC1(CNC(C)(C)C)CCCOC1. The van der Waals surface area contributed by atoms with E-state index in [1.165, 1.54) is 6.42 Å². The van der Waals surface area contributed by atoms with Crippen molar-refractivity contribution in [3.05, 3.63) is 0 Å². The van der Waals surface area contributed by atoms with Gasteiger partial charge in [0.1, 0.15) is 0 Å². The number of hydrogen-bond donors (Lipinski definition) is 2. The molecule has 0 aromatic rings. The fraction of sp³-hybridized carbons (Fsp3) is 1.00. The van der Waals surface area contributed by atoms with E-state index in [0.29, 0.717) is 0 Å². The van der Waals surface area contributed by atoms with Crippen molar-refractivity contribution in [1.29, 1.82) is 0 Å². The summed E-state index contributed by atoms with van der Waals surface area (Å²) in [5, 5.41) is 12.9. The van der Waals surface area contributed by atoms with Crippen LogP contribution in [-0.2, 0) is 4.74 Å². The summed E-state index contributed by atoms with van der Waals surface area (Å²) >= 11 is 0. The molecule has 0 spiro atoms. The second kappa shape index (κ2) is 8.32. The molecule has 1 aliphatic heterocycles. The number of nitrogens with zero attached hydrogens (tertiary/aromatic N) is 1. The van der Waals surface area contributed by atoms with Crippen LogP contribution < -0.4 is 5.32 Å². The van der Waals surface area contributed by atoms with E-state index in [1.807, 2.05) is 0 Å². The molecule has 0 bridgehead atoms. The second-order valence-electron chi connectivity index (χ2n) is 7.26. The third kappa shape index (κ3) is 6.53. The van der Waals surface area contributed by atoms with Crippen LogP contribution in [0, 0.1) is 5.41 Å². The third-order valence-electron chi connectivity index (χ3n) is 3.91. The summed E-state index contributed by atoms with van der Waals surface area (Å²) in [7, 11) is 0. The summed E-state index contributed by atoms with van der Waals surface area (Å²) < 4.78 is 5.78. The maximum absolute atomic E-state index is 9.25. The predicted molar refractivity (Wildman–Crippen MR) is 84.1 cm³/mol. The minimum atomic E-state index is 0.136. The first-order chi connectivity index (χ1) is 9.41. The third-order valence-corrected chi connectivity index (χ3v) is 3.91. The molecule has 120 valence electrons. The van der Waals surface area contributed by atoms with Gasteiger partial charge in [-0.2, -0.15) is 0 Å². The topological polar surface area (TPSA) is 44.7 Å². The molecular formula is C16H34N2O2. The lowest BCUT2D eigenvalue weighted by molar-refractivity contribution is -0.0305. The molecule has 1 rings (SSSR count). The van der Waals surface area contributed by atoms with Crippen molar-refractivity contribution >= 4 is 0 Å². The van der Waals surface area contributed by atoms with Crippen LogP contribution in [0.15, 0.2) is 0 Å². The fourth-order valence-electron chi connectivity index (χ4n) is 2.88. The summed E-state index contributed by atoms with van der Waals surface area (Å²) in [5.74, 6) is 0. The molecule has 2 N–H and O–H groups in total. The molecule has 1 atom stereocenters. The number of aliphatic hydroxyl groups excluding tert-OH is 1. The van der Waals surface area contributed by atoms with Crippen LogP contribution in [0.1, 0.15) is 47.0 Å². The molecule has 0 aromatic carbocycles. The molecule has 0 saturated carbocycles. The van der Waals surface area contributed by atoms with Crippen molar-refractivity contribution in [1.82, 2.24) is 10.2 Å². The lowest BCUT2D eigenvalue weighted by atomic mass is 9.81. The summed E-state index contributed by atoms with van der Waals surface area (Å²) in [5.41, 5.74) is 0.326. The molecule has 0 aromatic heterocycles. The van der Waals surface area contributed by atoms with Crippen LogP contribution in [0.3, 0.4) is 0 Å². The molecule has 4 heteroatoms. The van der Waals surface area contributed by atoms with Crippen LogP contribution in [0.2, 0.25) is 0 Å². The summed E-state index contributed by atoms with van der Waals surface area (Å²) in [6, 6.07) is 0. The first-order valence-electron chi connectivity index (χ1n) is 8.07. The Kier molecular flexibility index (Phi) is 7.45. The molecule has 0 aliphatic carbocycles. The Bertz CT molecular complexity index is 252. The number of hydrogen-bond acceptors (Lipinski definition) is 4. The highest BCUT2D eigenvalue weighted by Crippen LogP contribution is 2.30. The van der Waals surface area contributed by atoms with Crippen molar-refractivity contribution in [2.45, 2.75) is 52.5 Å². The first kappa shape index (κ1) is 17.9. The van der Waals surface area contributed by atoms with Crippen LogP contribution in [0.25, 0.3) is 0 Å². The summed E-state index contributed by atoms with van der Waals surface area (Å²) in [4.78, 5) is 2.39. The Morgan fingerprint density at radius 2 is 2.05 bits per heavy atom. The molecular weight excluding hydrogens is 252 g/mol. The van der Waals surface area contributed by atoms with Crippen LogP contribution >= 0.6 is 0 Å². The van der Waals surface area contributed by atoms with E-state index in [4.69, 9.17) is 4.74 Å². The van der Waals surface area contributed by atoms with Gasteiger partial charge in [-0.05, 0) is 46.6 Å². The minimum Gasteiger partial charge on any atom is -0.395 e. The second-order valence-corrected chi connectivity index (χ2v) is 7.26. The smallest absolute Gasteiger partial charge is 0.0558 e. The van der Waals surface area contributed by atoms with E-state index >= 15 is 0 Å². The van der Waals surface area contributed by atoms with Gasteiger partial charge in [0.2, 0.25) is 0 Å². The number of ether oxygens (including phenoxy) is 1. The number of rotatable bonds is 8.